The molecule has 0 atom stereocenters. The summed E-state index contributed by atoms with van der Waals surface area (Å²) in [6.45, 7) is 5.67. The van der Waals surface area contributed by atoms with Gasteiger partial charge in [0.05, 0.1) is 36.5 Å². The number of para-hydroxylation sites is 1. The number of rotatable bonds is 3. The monoisotopic (exact) mass is 407 g/mol. The van der Waals surface area contributed by atoms with Crippen LogP contribution in [0.2, 0.25) is 0 Å². The lowest BCUT2D eigenvalue weighted by atomic mass is 10.2. The van der Waals surface area contributed by atoms with Crippen molar-refractivity contribution in [2.75, 3.05) is 26.3 Å². The van der Waals surface area contributed by atoms with Crippen LogP contribution in [0.15, 0.2) is 53.3 Å². The topological polar surface area (TPSA) is 56.7 Å². The molecule has 29 heavy (non-hydrogen) atoms. The molecule has 1 aliphatic rings. The van der Waals surface area contributed by atoms with Crippen molar-refractivity contribution in [2.24, 2.45) is 0 Å². The molecule has 0 saturated carbocycles. The maximum Gasteiger partial charge on any atom is 0.267 e. The molecule has 148 valence electrons. The van der Waals surface area contributed by atoms with E-state index in [1.807, 2.05) is 59.9 Å². The van der Waals surface area contributed by atoms with Crippen LogP contribution in [-0.2, 0) is 11.4 Å². The Morgan fingerprint density at radius 1 is 1.07 bits per heavy atom. The number of aryl methyl sites for hydroxylation is 1. The van der Waals surface area contributed by atoms with Crippen molar-refractivity contribution in [3.63, 3.8) is 0 Å². The smallest absolute Gasteiger partial charge is 0.267 e. The van der Waals surface area contributed by atoms with Crippen molar-refractivity contribution in [1.29, 1.82) is 0 Å². The SMILES string of the molecule is Cc1ccc(-n2c(=O)c3ccccc3n3c(=S)n(CN4CCOCC4)nc23)cc1. The first-order chi connectivity index (χ1) is 14.1. The van der Waals surface area contributed by atoms with Gasteiger partial charge in [-0.3, -0.25) is 14.1 Å². The Hall–Kier alpha value is -2.81. The van der Waals surface area contributed by atoms with Crippen LogP contribution in [0.5, 0.6) is 0 Å². The average Bonchev–Trinajstić information content (AvgIpc) is 3.06. The molecule has 4 aromatic rings. The number of nitrogens with zero attached hydrogens (tertiary/aromatic N) is 5. The fourth-order valence-corrected chi connectivity index (χ4v) is 4.04. The highest BCUT2D eigenvalue weighted by atomic mass is 32.1. The van der Waals surface area contributed by atoms with Crippen LogP contribution in [0.25, 0.3) is 22.4 Å². The minimum Gasteiger partial charge on any atom is -0.379 e. The molecule has 2 aromatic carbocycles. The Balaban J connectivity index is 1.79. The third kappa shape index (κ3) is 3.09. The summed E-state index contributed by atoms with van der Waals surface area (Å²) in [4.78, 5) is 15.6. The Kier molecular flexibility index (Phi) is 4.54. The summed E-state index contributed by atoms with van der Waals surface area (Å²) in [5, 5.41) is 5.39. The average molecular weight is 407 g/mol. The zero-order valence-electron chi connectivity index (χ0n) is 16.1. The number of hydrogen-bond acceptors (Lipinski definition) is 5. The number of fused-ring (bicyclic) bond motifs is 3. The highest BCUT2D eigenvalue weighted by Gasteiger charge is 2.18. The minimum atomic E-state index is -0.101. The molecule has 7 nitrogen and oxygen atoms in total. The van der Waals surface area contributed by atoms with Crippen LogP contribution >= 0.6 is 12.2 Å². The Labute approximate surface area is 172 Å². The lowest BCUT2D eigenvalue weighted by molar-refractivity contribution is 0.0210. The molecule has 0 aliphatic carbocycles. The van der Waals surface area contributed by atoms with Gasteiger partial charge in [0.25, 0.3) is 5.56 Å². The molecule has 0 N–H and O–H groups in total. The predicted molar refractivity (Wildman–Crippen MR) is 114 cm³/mol. The fourth-order valence-electron chi connectivity index (χ4n) is 3.76. The quantitative estimate of drug-likeness (QED) is 0.489. The highest BCUT2D eigenvalue weighted by molar-refractivity contribution is 7.71. The van der Waals surface area contributed by atoms with Gasteiger partial charge < -0.3 is 4.74 Å². The van der Waals surface area contributed by atoms with E-state index in [1.54, 1.807) is 9.25 Å². The van der Waals surface area contributed by atoms with Gasteiger partial charge in [0.15, 0.2) is 0 Å². The first-order valence-corrected chi connectivity index (χ1v) is 10.0. The number of benzene rings is 2. The number of hydrogen-bond donors (Lipinski definition) is 0. The minimum absolute atomic E-state index is 0.101. The second-order valence-electron chi connectivity index (χ2n) is 7.28. The van der Waals surface area contributed by atoms with Crippen LogP contribution < -0.4 is 5.56 Å². The van der Waals surface area contributed by atoms with Crippen molar-refractivity contribution in [1.82, 2.24) is 23.6 Å². The summed E-state index contributed by atoms with van der Waals surface area (Å²) in [6.07, 6.45) is 0. The largest absolute Gasteiger partial charge is 0.379 e. The van der Waals surface area contributed by atoms with Crippen molar-refractivity contribution < 1.29 is 4.74 Å². The summed E-state index contributed by atoms with van der Waals surface area (Å²) in [7, 11) is 0. The van der Waals surface area contributed by atoms with E-state index in [-0.39, 0.29) is 5.56 Å². The van der Waals surface area contributed by atoms with E-state index in [1.165, 1.54) is 0 Å². The molecule has 0 radical (unpaired) electrons. The van der Waals surface area contributed by atoms with Crippen LogP contribution in [0, 0.1) is 11.7 Å². The van der Waals surface area contributed by atoms with Crippen molar-refractivity contribution in [3.8, 4) is 5.69 Å². The van der Waals surface area contributed by atoms with Gasteiger partial charge in [-0.15, -0.1) is 5.10 Å². The molecule has 0 amide bonds. The van der Waals surface area contributed by atoms with Gasteiger partial charge >= 0.3 is 0 Å². The van der Waals surface area contributed by atoms with E-state index < -0.39 is 0 Å². The maximum atomic E-state index is 13.4. The molecular formula is C21H21N5O2S. The molecule has 1 aliphatic heterocycles. The van der Waals surface area contributed by atoms with Crippen molar-refractivity contribution >= 4 is 28.9 Å². The summed E-state index contributed by atoms with van der Waals surface area (Å²) in [5.74, 6) is 0.524. The van der Waals surface area contributed by atoms with E-state index >= 15 is 0 Å². The van der Waals surface area contributed by atoms with E-state index in [4.69, 9.17) is 22.1 Å². The molecule has 0 unspecified atom stereocenters. The van der Waals surface area contributed by atoms with Crippen LogP contribution in [0.3, 0.4) is 0 Å². The Morgan fingerprint density at radius 2 is 1.79 bits per heavy atom. The molecule has 1 saturated heterocycles. The lowest BCUT2D eigenvalue weighted by Gasteiger charge is -2.25. The molecule has 2 aromatic heterocycles. The van der Waals surface area contributed by atoms with Gasteiger partial charge in [-0.1, -0.05) is 29.8 Å². The zero-order chi connectivity index (χ0) is 20.0. The Morgan fingerprint density at radius 3 is 2.55 bits per heavy atom. The molecule has 0 bridgehead atoms. The normalized spacial score (nSPS) is 15.3. The van der Waals surface area contributed by atoms with E-state index in [2.05, 4.69) is 4.90 Å². The fraction of sp³-hybridized carbons (Fsp3) is 0.286. The van der Waals surface area contributed by atoms with Gasteiger partial charge in [0.2, 0.25) is 10.5 Å². The van der Waals surface area contributed by atoms with Gasteiger partial charge in [-0.2, -0.15) is 0 Å². The lowest BCUT2D eigenvalue weighted by Crippen LogP contribution is -2.37. The van der Waals surface area contributed by atoms with Gasteiger partial charge in [0.1, 0.15) is 0 Å². The molecule has 1 fully saturated rings. The molecule has 3 heterocycles. The van der Waals surface area contributed by atoms with Gasteiger partial charge in [-0.25, -0.2) is 9.25 Å². The molecular weight excluding hydrogens is 386 g/mol. The number of ether oxygens (including phenoxy) is 1. The van der Waals surface area contributed by atoms with Crippen LogP contribution in [0.4, 0.5) is 0 Å². The third-order valence-electron chi connectivity index (χ3n) is 5.33. The second-order valence-corrected chi connectivity index (χ2v) is 7.65. The van der Waals surface area contributed by atoms with E-state index in [9.17, 15) is 4.79 Å². The summed E-state index contributed by atoms with van der Waals surface area (Å²) < 4.78 is 11.4. The first kappa shape index (κ1) is 18.2. The standard InChI is InChI=1S/C21H21N5O2S/c1-15-6-8-16(9-7-15)25-19(27)17-4-2-3-5-18(17)26-20(25)22-24(21(26)29)14-23-10-12-28-13-11-23/h2-9H,10-14H2,1H3. The molecule has 8 heteroatoms. The van der Waals surface area contributed by atoms with Gasteiger partial charge in [0, 0.05) is 13.1 Å². The first-order valence-electron chi connectivity index (χ1n) is 9.64. The maximum absolute atomic E-state index is 13.4. The zero-order valence-corrected chi connectivity index (χ0v) is 16.9. The van der Waals surface area contributed by atoms with Gasteiger partial charge in [-0.05, 0) is 43.4 Å². The number of morpholine rings is 1. The predicted octanol–water partition coefficient (Wildman–Crippen LogP) is 2.77. The molecule has 0 spiro atoms. The second kappa shape index (κ2) is 7.22. The summed E-state index contributed by atoms with van der Waals surface area (Å²) in [5.41, 5.74) is 2.58. The molecule has 5 rings (SSSR count). The Bertz CT molecular complexity index is 1310. The highest BCUT2D eigenvalue weighted by Crippen LogP contribution is 2.18. The summed E-state index contributed by atoms with van der Waals surface area (Å²) in [6, 6.07) is 15.4. The van der Waals surface area contributed by atoms with Crippen LogP contribution in [-0.4, -0.2) is 50.0 Å². The van der Waals surface area contributed by atoms with E-state index in [0.29, 0.717) is 35.8 Å². The van der Waals surface area contributed by atoms with Crippen LogP contribution in [0.1, 0.15) is 5.56 Å². The third-order valence-corrected chi connectivity index (χ3v) is 5.72. The van der Waals surface area contributed by atoms with Crippen molar-refractivity contribution in [3.05, 3.63) is 69.2 Å². The summed E-state index contributed by atoms with van der Waals surface area (Å²) >= 11 is 5.79. The van der Waals surface area contributed by atoms with Crippen molar-refractivity contribution in [2.45, 2.75) is 13.6 Å². The number of aromatic nitrogens is 4. The van der Waals surface area contributed by atoms with E-state index in [0.717, 1.165) is 29.9 Å².